The lowest BCUT2D eigenvalue weighted by Gasteiger charge is -2.34. The van der Waals surface area contributed by atoms with Gasteiger partial charge in [-0.05, 0) is 6.08 Å². The highest BCUT2D eigenvalue weighted by Crippen LogP contribution is 2.22. The fourth-order valence-corrected chi connectivity index (χ4v) is 1.42. The summed E-state index contributed by atoms with van der Waals surface area (Å²) in [6, 6.07) is 0. The van der Waals surface area contributed by atoms with Gasteiger partial charge in [0.25, 0.3) is 0 Å². The summed E-state index contributed by atoms with van der Waals surface area (Å²) in [7, 11) is 0. The van der Waals surface area contributed by atoms with E-state index in [2.05, 4.69) is 0 Å². The van der Waals surface area contributed by atoms with Gasteiger partial charge >= 0.3 is 5.97 Å². The number of rotatable bonds is 4. The Balaban J connectivity index is 2.87. The Morgan fingerprint density at radius 2 is 2.00 bits per heavy atom. The van der Waals surface area contributed by atoms with Crippen LogP contribution in [0.5, 0.6) is 0 Å². The first-order valence-corrected chi connectivity index (χ1v) is 4.83. The summed E-state index contributed by atoms with van der Waals surface area (Å²) in [6.07, 6.45) is -7.25. The van der Waals surface area contributed by atoms with Crippen molar-refractivity contribution in [1.82, 2.24) is 0 Å². The Morgan fingerprint density at radius 1 is 1.41 bits per heavy atom. The summed E-state index contributed by atoms with van der Waals surface area (Å²) in [5, 5.41) is 54.8. The Hall–Kier alpha value is -1.19. The normalized spacial score (nSPS) is 32.3. The minimum atomic E-state index is -1.73. The summed E-state index contributed by atoms with van der Waals surface area (Å²) >= 11 is 0. The minimum absolute atomic E-state index is 0.642. The third-order valence-electron chi connectivity index (χ3n) is 2.40. The number of aliphatic hydroxyl groups excluding tert-OH is 5. The molecule has 0 aromatic rings. The summed E-state index contributed by atoms with van der Waals surface area (Å²) in [5.74, 6) is -2.12. The first kappa shape index (κ1) is 13.9. The standard InChI is InChI=1S/C9H14O8/c10-2-4(12)7(14)8-6(13)3(11)1-5(17-8)9(15)16/h1,3-4,6-8,10-14H,2H2,(H,15,16)/t3?,4-,6?,7-,8?/m1/s1. The lowest BCUT2D eigenvalue weighted by Crippen LogP contribution is -2.53. The van der Waals surface area contributed by atoms with Crippen molar-refractivity contribution in [3.63, 3.8) is 0 Å². The van der Waals surface area contributed by atoms with Gasteiger partial charge in [-0.3, -0.25) is 0 Å². The quantitative estimate of drug-likeness (QED) is 0.305. The fourth-order valence-electron chi connectivity index (χ4n) is 1.42. The van der Waals surface area contributed by atoms with Gasteiger partial charge in [0.15, 0.2) is 6.10 Å². The lowest BCUT2D eigenvalue weighted by molar-refractivity contribution is -0.164. The van der Waals surface area contributed by atoms with Crippen LogP contribution in [0, 0.1) is 0 Å². The third-order valence-corrected chi connectivity index (χ3v) is 2.40. The van der Waals surface area contributed by atoms with Crippen molar-refractivity contribution in [2.24, 2.45) is 0 Å². The van der Waals surface area contributed by atoms with Gasteiger partial charge in [0.1, 0.15) is 24.4 Å². The van der Waals surface area contributed by atoms with Gasteiger partial charge in [-0.1, -0.05) is 0 Å². The number of hydrogen-bond acceptors (Lipinski definition) is 7. The van der Waals surface area contributed by atoms with Gasteiger partial charge in [-0.15, -0.1) is 0 Å². The Bertz CT molecular complexity index is 314. The molecule has 0 aromatic heterocycles. The number of aliphatic carboxylic acids is 1. The van der Waals surface area contributed by atoms with Crippen molar-refractivity contribution >= 4 is 5.97 Å². The van der Waals surface area contributed by atoms with E-state index in [-0.39, 0.29) is 0 Å². The van der Waals surface area contributed by atoms with Crippen molar-refractivity contribution in [1.29, 1.82) is 0 Å². The van der Waals surface area contributed by atoms with E-state index in [9.17, 15) is 20.1 Å². The molecule has 1 aliphatic heterocycles. The molecular weight excluding hydrogens is 236 g/mol. The second kappa shape index (κ2) is 5.43. The zero-order chi connectivity index (χ0) is 13.2. The van der Waals surface area contributed by atoms with Crippen molar-refractivity contribution < 1.29 is 40.2 Å². The maximum atomic E-state index is 10.6. The molecule has 0 radical (unpaired) electrons. The van der Waals surface area contributed by atoms with Crippen LogP contribution in [0.3, 0.4) is 0 Å². The molecule has 0 saturated carbocycles. The summed E-state index contributed by atoms with van der Waals surface area (Å²) < 4.78 is 4.75. The number of carbonyl (C=O) groups is 1. The van der Waals surface area contributed by atoms with Crippen LogP contribution in [-0.4, -0.2) is 73.7 Å². The van der Waals surface area contributed by atoms with Crippen LogP contribution in [-0.2, 0) is 9.53 Å². The minimum Gasteiger partial charge on any atom is -0.478 e. The molecule has 17 heavy (non-hydrogen) atoms. The van der Waals surface area contributed by atoms with E-state index in [0.29, 0.717) is 0 Å². The molecule has 0 fully saturated rings. The molecule has 0 spiro atoms. The molecule has 5 atom stereocenters. The lowest BCUT2D eigenvalue weighted by atomic mass is 9.96. The Labute approximate surface area is 96.0 Å². The molecule has 8 nitrogen and oxygen atoms in total. The first-order valence-electron chi connectivity index (χ1n) is 4.83. The molecule has 6 N–H and O–H groups in total. The van der Waals surface area contributed by atoms with Crippen molar-refractivity contribution in [2.45, 2.75) is 30.5 Å². The zero-order valence-corrected chi connectivity index (χ0v) is 8.67. The predicted molar refractivity (Wildman–Crippen MR) is 51.7 cm³/mol. The van der Waals surface area contributed by atoms with Crippen molar-refractivity contribution in [3.05, 3.63) is 11.8 Å². The van der Waals surface area contributed by atoms with Crippen LogP contribution in [0.15, 0.2) is 11.8 Å². The molecule has 1 aliphatic rings. The van der Waals surface area contributed by atoms with E-state index >= 15 is 0 Å². The second-order valence-corrected chi connectivity index (χ2v) is 3.64. The average molecular weight is 250 g/mol. The van der Waals surface area contributed by atoms with Crippen LogP contribution < -0.4 is 0 Å². The van der Waals surface area contributed by atoms with E-state index in [1.165, 1.54) is 0 Å². The molecule has 0 bridgehead atoms. The molecule has 0 aromatic carbocycles. The van der Waals surface area contributed by atoms with Crippen LogP contribution in [0.2, 0.25) is 0 Å². The molecule has 3 unspecified atom stereocenters. The highest BCUT2D eigenvalue weighted by molar-refractivity contribution is 5.84. The summed E-state index contributed by atoms with van der Waals surface area (Å²) in [6.45, 7) is -0.796. The van der Waals surface area contributed by atoms with Crippen LogP contribution in [0.1, 0.15) is 0 Å². The molecule has 8 heteroatoms. The molecular formula is C9H14O8. The average Bonchev–Trinajstić information content (AvgIpc) is 2.30. The zero-order valence-electron chi connectivity index (χ0n) is 8.67. The molecule has 0 aliphatic carbocycles. The van der Waals surface area contributed by atoms with Gasteiger partial charge in [0.05, 0.1) is 6.61 Å². The fraction of sp³-hybridized carbons (Fsp3) is 0.667. The van der Waals surface area contributed by atoms with Crippen LogP contribution in [0.4, 0.5) is 0 Å². The summed E-state index contributed by atoms with van der Waals surface area (Å²) in [4.78, 5) is 10.6. The van der Waals surface area contributed by atoms with Crippen molar-refractivity contribution in [2.75, 3.05) is 6.61 Å². The Morgan fingerprint density at radius 3 is 2.47 bits per heavy atom. The Kier molecular flexibility index (Phi) is 4.43. The number of ether oxygens (including phenoxy) is 1. The topological polar surface area (TPSA) is 148 Å². The van der Waals surface area contributed by atoms with E-state index in [0.717, 1.165) is 6.08 Å². The van der Waals surface area contributed by atoms with Crippen LogP contribution in [0.25, 0.3) is 0 Å². The maximum Gasteiger partial charge on any atom is 0.370 e. The maximum absolute atomic E-state index is 10.6. The smallest absolute Gasteiger partial charge is 0.370 e. The predicted octanol–water partition coefficient (Wildman–Crippen LogP) is -3.21. The van der Waals surface area contributed by atoms with Crippen molar-refractivity contribution in [3.8, 4) is 0 Å². The number of carboxylic acids is 1. The van der Waals surface area contributed by atoms with Gasteiger partial charge in [-0.2, -0.15) is 0 Å². The molecule has 0 saturated heterocycles. The largest absolute Gasteiger partial charge is 0.478 e. The van der Waals surface area contributed by atoms with Gasteiger partial charge in [-0.25, -0.2) is 4.79 Å². The summed E-state index contributed by atoms with van der Waals surface area (Å²) in [5.41, 5.74) is 0. The highest BCUT2D eigenvalue weighted by Gasteiger charge is 2.41. The van der Waals surface area contributed by atoms with E-state index in [1.54, 1.807) is 0 Å². The monoisotopic (exact) mass is 250 g/mol. The first-order chi connectivity index (χ1) is 7.88. The van der Waals surface area contributed by atoms with E-state index < -0.39 is 48.9 Å². The van der Waals surface area contributed by atoms with E-state index in [1.807, 2.05) is 0 Å². The highest BCUT2D eigenvalue weighted by atomic mass is 16.5. The van der Waals surface area contributed by atoms with Crippen LogP contribution >= 0.6 is 0 Å². The third kappa shape index (κ3) is 2.93. The van der Waals surface area contributed by atoms with Gasteiger partial charge in [0, 0.05) is 0 Å². The number of aliphatic hydroxyl groups is 5. The molecule has 1 heterocycles. The second-order valence-electron chi connectivity index (χ2n) is 3.64. The van der Waals surface area contributed by atoms with Gasteiger partial charge < -0.3 is 35.4 Å². The molecule has 0 amide bonds. The van der Waals surface area contributed by atoms with Gasteiger partial charge in [0.2, 0.25) is 5.76 Å². The van der Waals surface area contributed by atoms with E-state index in [4.69, 9.17) is 20.1 Å². The number of carboxylic acid groups (broad SMARTS) is 1. The molecule has 1 rings (SSSR count). The number of hydrogen-bond donors (Lipinski definition) is 6. The molecule has 98 valence electrons. The SMILES string of the molecule is O=C(O)C1=CC(O)C(O)C([C@H](O)[C@H](O)CO)O1.